The Morgan fingerprint density at radius 2 is 1.80 bits per heavy atom. The van der Waals surface area contributed by atoms with Crippen LogP contribution in [-0.4, -0.2) is 32.1 Å². The standard InChI is InChI=1S/C23H32N4O2.HI/c1-4-7-22(28)27-20-9-6-8-19(16-20)17-26-23(24-5-2)25-15-14-18-10-12-21(29-3)13-11-18;/h6,8-13,16H,4-5,7,14-15,17H2,1-3H3,(H,27,28)(H2,24,25,26);1H. The topological polar surface area (TPSA) is 74.8 Å². The third kappa shape index (κ3) is 9.47. The number of guanidine groups is 1. The van der Waals surface area contributed by atoms with Crippen LogP contribution in [0.5, 0.6) is 5.75 Å². The zero-order valence-corrected chi connectivity index (χ0v) is 20.4. The molecule has 2 aromatic carbocycles. The van der Waals surface area contributed by atoms with Crippen molar-refractivity contribution in [2.24, 2.45) is 4.99 Å². The molecule has 0 radical (unpaired) electrons. The van der Waals surface area contributed by atoms with E-state index in [1.807, 2.05) is 50.2 Å². The number of hydrogen-bond donors (Lipinski definition) is 3. The lowest BCUT2D eigenvalue weighted by Gasteiger charge is -2.12. The van der Waals surface area contributed by atoms with Crippen LogP contribution >= 0.6 is 24.0 Å². The predicted molar refractivity (Wildman–Crippen MR) is 135 cm³/mol. The summed E-state index contributed by atoms with van der Waals surface area (Å²) < 4.78 is 5.19. The second-order valence-electron chi connectivity index (χ2n) is 6.72. The Balaban J connectivity index is 0.00000450. The Morgan fingerprint density at radius 1 is 1.03 bits per heavy atom. The number of ether oxygens (including phenoxy) is 1. The Morgan fingerprint density at radius 3 is 2.47 bits per heavy atom. The van der Waals surface area contributed by atoms with E-state index >= 15 is 0 Å². The van der Waals surface area contributed by atoms with Gasteiger partial charge in [-0.05, 0) is 55.2 Å². The monoisotopic (exact) mass is 524 g/mol. The minimum atomic E-state index is 0. The van der Waals surface area contributed by atoms with E-state index in [0.29, 0.717) is 13.0 Å². The minimum Gasteiger partial charge on any atom is -0.497 e. The van der Waals surface area contributed by atoms with Crippen molar-refractivity contribution in [3.05, 3.63) is 59.7 Å². The van der Waals surface area contributed by atoms with E-state index in [-0.39, 0.29) is 29.9 Å². The average Bonchev–Trinajstić information content (AvgIpc) is 2.73. The third-order valence-corrected chi connectivity index (χ3v) is 4.32. The van der Waals surface area contributed by atoms with Gasteiger partial charge in [-0.2, -0.15) is 0 Å². The van der Waals surface area contributed by atoms with Crippen molar-refractivity contribution in [3.63, 3.8) is 0 Å². The molecule has 0 saturated heterocycles. The van der Waals surface area contributed by atoms with E-state index in [1.165, 1.54) is 5.56 Å². The number of carbonyl (C=O) groups is 1. The van der Waals surface area contributed by atoms with E-state index in [9.17, 15) is 4.79 Å². The maximum absolute atomic E-state index is 11.8. The number of benzene rings is 2. The molecule has 6 nitrogen and oxygen atoms in total. The smallest absolute Gasteiger partial charge is 0.224 e. The highest BCUT2D eigenvalue weighted by Gasteiger charge is 2.03. The van der Waals surface area contributed by atoms with Crippen molar-refractivity contribution in [2.75, 3.05) is 25.5 Å². The van der Waals surface area contributed by atoms with Gasteiger partial charge in [0, 0.05) is 25.2 Å². The van der Waals surface area contributed by atoms with E-state index < -0.39 is 0 Å². The number of anilines is 1. The van der Waals surface area contributed by atoms with Crippen LogP contribution in [-0.2, 0) is 17.8 Å². The van der Waals surface area contributed by atoms with Gasteiger partial charge in [-0.3, -0.25) is 4.79 Å². The van der Waals surface area contributed by atoms with Crippen molar-refractivity contribution in [1.82, 2.24) is 10.6 Å². The number of rotatable bonds is 10. The first kappa shape index (κ1) is 25.7. The van der Waals surface area contributed by atoms with Crippen molar-refractivity contribution >= 4 is 41.5 Å². The van der Waals surface area contributed by atoms with Gasteiger partial charge >= 0.3 is 0 Å². The molecular formula is C23H33IN4O2. The maximum Gasteiger partial charge on any atom is 0.224 e. The number of carbonyl (C=O) groups excluding carboxylic acids is 1. The molecule has 0 atom stereocenters. The number of amides is 1. The summed E-state index contributed by atoms with van der Waals surface area (Å²) in [5.41, 5.74) is 3.10. The van der Waals surface area contributed by atoms with Gasteiger partial charge in [-0.15, -0.1) is 24.0 Å². The molecule has 0 saturated carbocycles. The van der Waals surface area contributed by atoms with E-state index in [2.05, 4.69) is 33.1 Å². The molecule has 0 fully saturated rings. The first-order chi connectivity index (χ1) is 14.1. The second-order valence-corrected chi connectivity index (χ2v) is 6.72. The van der Waals surface area contributed by atoms with Crippen LogP contribution in [0.1, 0.15) is 37.8 Å². The van der Waals surface area contributed by atoms with Gasteiger partial charge in [0.05, 0.1) is 13.7 Å². The molecule has 0 aromatic heterocycles. The quantitative estimate of drug-likeness (QED) is 0.246. The molecule has 0 bridgehead atoms. The number of nitrogens with zero attached hydrogens (tertiary/aromatic N) is 1. The van der Waals surface area contributed by atoms with Crippen molar-refractivity contribution in [3.8, 4) is 5.75 Å². The van der Waals surface area contributed by atoms with Crippen LogP contribution in [0.2, 0.25) is 0 Å². The summed E-state index contributed by atoms with van der Waals surface area (Å²) in [5.74, 6) is 1.69. The maximum atomic E-state index is 11.8. The minimum absolute atomic E-state index is 0. The van der Waals surface area contributed by atoms with Crippen LogP contribution in [0.3, 0.4) is 0 Å². The highest BCUT2D eigenvalue weighted by Crippen LogP contribution is 2.13. The van der Waals surface area contributed by atoms with Crippen molar-refractivity contribution in [2.45, 2.75) is 39.7 Å². The lowest BCUT2D eigenvalue weighted by Crippen LogP contribution is -2.38. The van der Waals surface area contributed by atoms with Gasteiger partial charge in [0.25, 0.3) is 0 Å². The summed E-state index contributed by atoms with van der Waals surface area (Å²) in [7, 11) is 1.67. The van der Waals surface area contributed by atoms with E-state index in [1.54, 1.807) is 7.11 Å². The lowest BCUT2D eigenvalue weighted by molar-refractivity contribution is -0.116. The summed E-state index contributed by atoms with van der Waals surface area (Å²) in [6, 6.07) is 15.9. The molecule has 0 aliphatic carbocycles. The van der Waals surface area contributed by atoms with Gasteiger partial charge in [0.2, 0.25) is 5.91 Å². The van der Waals surface area contributed by atoms with Gasteiger partial charge in [-0.1, -0.05) is 31.2 Å². The van der Waals surface area contributed by atoms with E-state index in [4.69, 9.17) is 4.74 Å². The molecule has 2 aromatic rings. The molecular weight excluding hydrogens is 491 g/mol. The molecule has 2 rings (SSSR count). The Hall–Kier alpha value is -2.29. The van der Waals surface area contributed by atoms with Crippen LogP contribution in [0.15, 0.2) is 53.5 Å². The Kier molecular flexibility index (Phi) is 12.6. The third-order valence-electron chi connectivity index (χ3n) is 4.32. The number of halogens is 1. The molecule has 0 aliphatic heterocycles. The molecule has 0 unspecified atom stereocenters. The number of aliphatic imine (C=N–C) groups is 1. The van der Waals surface area contributed by atoms with E-state index in [0.717, 1.165) is 48.9 Å². The number of nitrogens with one attached hydrogen (secondary N) is 3. The molecule has 164 valence electrons. The fraction of sp³-hybridized carbons (Fsp3) is 0.391. The molecule has 0 aliphatic rings. The molecule has 3 N–H and O–H groups in total. The van der Waals surface area contributed by atoms with Crippen LogP contribution in [0, 0.1) is 0 Å². The first-order valence-corrected chi connectivity index (χ1v) is 10.2. The fourth-order valence-electron chi connectivity index (χ4n) is 2.83. The number of methoxy groups -OCH3 is 1. The van der Waals surface area contributed by atoms with Crippen molar-refractivity contribution in [1.29, 1.82) is 0 Å². The first-order valence-electron chi connectivity index (χ1n) is 10.2. The Labute approximate surface area is 196 Å². The molecule has 1 amide bonds. The van der Waals surface area contributed by atoms with Gasteiger partial charge in [0.1, 0.15) is 5.75 Å². The lowest BCUT2D eigenvalue weighted by atomic mass is 10.1. The molecule has 0 heterocycles. The molecule has 0 spiro atoms. The van der Waals surface area contributed by atoms with Crippen LogP contribution in [0.4, 0.5) is 5.69 Å². The van der Waals surface area contributed by atoms with Gasteiger partial charge < -0.3 is 20.7 Å². The zero-order valence-electron chi connectivity index (χ0n) is 18.0. The fourth-order valence-corrected chi connectivity index (χ4v) is 2.83. The van der Waals surface area contributed by atoms with Crippen LogP contribution in [0.25, 0.3) is 0 Å². The van der Waals surface area contributed by atoms with Gasteiger partial charge in [-0.25, -0.2) is 4.99 Å². The summed E-state index contributed by atoms with van der Waals surface area (Å²) in [6.07, 6.45) is 2.27. The summed E-state index contributed by atoms with van der Waals surface area (Å²) in [5, 5.41) is 9.57. The molecule has 30 heavy (non-hydrogen) atoms. The van der Waals surface area contributed by atoms with Crippen molar-refractivity contribution < 1.29 is 9.53 Å². The summed E-state index contributed by atoms with van der Waals surface area (Å²) >= 11 is 0. The van der Waals surface area contributed by atoms with Crippen LogP contribution < -0.4 is 20.7 Å². The highest BCUT2D eigenvalue weighted by molar-refractivity contribution is 14.0. The summed E-state index contributed by atoms with van der Waals surface area (Å²) in [4.78, 5) is 16.4. The number of hydrogen-bond acceptors (Lipinski definition) is 3. The normalized spacial score (nSPS) is 10.7. The predicted octanol–water partition coefficient (Wildman–Crippen LogP) is 4.35. The largest absolute Gasteiger partial charge is 0.497 e. The average molecular weight is 524 g/mol. The molecule has 7 heteroatoms. The Bertz CT molecular complexity index is 794. The highest BCUT2D eigenvalue weighted by atomic mass is 127. The summed E-state index contributed by atoms with van der Waals surface area (Å²) in [6.45, 7) is 6.15. The van der Waals surface area contributed by atoms with Gasteiger partial charge in [0.15, 0.2) is 5.96 Å². The second kappa shape index (κ2) is 14.7. The SMILES string of the molecule is CCCC(=O)Nc1cccc(CN=C(NCC)NCCc2ccc(OC)cc2)c1.I. The zero-order chi connectivity index (χ0) is 20.9.